The third-order valence-electron chi connectivity index (χ3n) is 2.39. The zero-order valence-corrected chi connectivity index (χ0v) is 12.2. The molecule has 0 aromatic carbocycles. The standard InChI is InChI=1S/C12H17N3O5S/c1-20-5-4-13-9(16)7-14-12(19)15-10(11(17)18)8-3-2-6-21-8/h2-3,6,10H,4-5,7H2,1H3,(H,13,16)(H,17,18)(H2,14,15,19). The Morgan fingerprint density at radius 3 is 2.71 bits per heavy atom. The maximum Gasteiger partial charge on any atom is 0.331 e. The molecule has 3 amide bonds. The van der Waals surface area contributed by atoms with Crippen LogP contribution in [0, 0.1) is 0 Å². The summed E-state index contributed by atoms with van der Waals surface area (Å²) < 4.78 is 4.76. The van der Waals surface area contributed by atoms with Crippen LogP contribution in [0.15, 0.2) is 17.5 Å². The maximum atomic E-state index is 11.6. The minimum absolute atomic E-state index is 0.244. The summed E-state index contributed by atoms with van der Waals surface area (Å²) in [7, 11) is 1.51. The number of carboxylic acids is 1. The molecule has 4 N–H and O–H groups in total. The fourth-order valence-corrected chi connectivity index (χ4v) is 2.18. The Labute approximate surface area is 125 Å². The van der Waals surface area contributed by atoms with Gasteiger partial charge < -0.3 is 25.8 Å². The molecule has 0 aliphatic rings. The zero-order valence-electron chi connectivity index (χ0n) is 11.4. The highest BCUT2D eigenvalue weighted by atomic mass is 32.1. The van der Waals surface area contributed by atoms with Crippen molar-refractivity contribution in [1.29, 1.82) is 0 Å². The monoisotopic (exact) mass is 315 g/mol. The van der Waals surface area contributed by atoms with E-state index in [1.165, 1.54) is 18.4 Å². The molecule has 1 rings (SSSR count). The predicted octanol–water partition coefficient (Wildman–Crippen LogP) is -0.0644. The van der Waals surface area contributed by atoms with Gasteiger partial charge in [-0.2, -0.15) is 0 Å². The number of carbonyl (C=O) groups excluding carboxylic acids is 2. The van der Waals surface area contributed by atoms with Gasteiger partial charge in [0.1, 0.15) is 0 Å². The predicted molar refractivity (Wildman–Crippen MR) is 76.1 cm³/mol. The van der Waals surface area contributed by atoms with E-state index in [1.54, 1.807) is 17.5 Å². The highest BCUT2D eigenvalue weighted by Gasteiger charge is 2.22. The fourth-order valence-electron chi connectivity index (χ4n) is 1.41. The first-order valence-electron chi connectivity index (χ1n) is 6.10. The van der Waals surface area contributed by atoms with Gasteiger partial charge in [-0.3, -0.25) is 4.79 Å². The molecule has 0 saturated heterocycles. The summed E-state index contributed by atoms with van der Waals surface area (Å²) in [6.07, 6.45) is 0. The van der Waals surface area contributed by atoms with E-state index in [4.69, 9.17) is 9.84 Å². The van der Waals surface area contributed by atoms with Crippen LogP contribution in [0.1, 0.15) is 10.9 Å². The Kier molecular flexibility index (Phi) is 7.19. The number of amides is 3. The molecule has 21 heavy (non-hydrogen) atoms. The summed E-state index contributed by atoms with van der Waals surface area (Å²) in [6, 6.07) is 1.44. The van der Waals surface area contributed by atoms with Gasteiger partial charge in [0, 0.05) is 18.5 Å². The summed E-state index contributed by atoms with van der Waals surface area (Å²) in [4.78, 5) is 34.6. The molecular formula is C12H17N3O5S. The van der Waals surface area contributed by atoms with Crippen molar-refractivity contribution in [1.82, 2.24) is 16.0 Å². The van der Waals surface area contributed by atoms with Gasteiger partial charge in [-0.25, -0.2) is 9.59 Å². The largest absolute Gasteiger partial charge is 0.479 e. The van der Waals surface area contributed by atoms with E-state index in [9.17, 15) is 14.4 Å². The summed E-state index contributed by atoms with van der Waals surface area (Å²) in [6.45, 7) is 0.468. The number of methoxy groups -OCH3 is 1. The second kappa shape index (κ2) is 8.93. The molecule has 0 aliphatic carbocycles. The fraction of sp³-hybridized carbons (Fsp3) is 0.417. The molecular weight excluding hydrogens is 298 g/mol. The minimum Gasteiger partial charge on any atom is -0.479 e. The zero-order chi connectivity index (χ0) is 15.7. The maximum absolute atomic E-state index is 11.6. The summed E-state index contributed by atoms with van der Waals surface area (Å²) in [5.41, 5.74) is 0. The third kappa shape index (κ3) is 6.23. The molecule has 0 bridgehead atoms. The number of rotatable bonds is 8. The van der Waals surface area contributed by atoms with Crippen molar-refractivity contribution >= 4 is 29.2 Å². The SMILES string of the molecule is COCCNC(=O)CNC(=O)NC(C(=O)O)c1cccs1. The van der Waals surface area contributed by atoms with Gasteiger partial charge in [-0.05, 0) is 11.4 Å². The van der Waals surface area contributed by atoms with E-state index < -0.39 is 18.0 Å². The van der Waals surface area contributed by atoms with E-state index in [0.717, 1.165) is 0 Å². The highest BCUT2D eigenvalue weighted by molar-refractivity contribution is 7.10. The lowest BCUT2D eigenvalue weighted by atomic mass is 10.2. The number of hydrogen-bond acceptors (Lipinski definition) is 5. The molecule has 116 valence electrons. The van der Waals surface area contributed by atoms with Crippen LogP contribution < -0.4 is 16.0 Å². The van der Waals surface area contributed by atoms with Gasteiger partial charge in [0.05, 0.1) is 13.2 Å². The van der Waals surface area contributed by atoms with Gasteiger partial charge in [0.2, 0.25) is 5.91 Å². The third-order valence-corrected chi connectivity index (χ3v) is 3.33. The number of urea groups is 1. The molecule has 1 atom stereocenters. The lowest BCUT2D eigenvalue weighted by molar-refractivity contribution is -0.139. The van der Waals surface area contributed by atoms with Gasteiger partial charge >= 0.3 is 12.0 Å². The molecule has 0 spiro atoms. The van der Waals surface area contributed by atoms with Crippen LogP contribution >= 0.6 is 11.3 Å². The Morgan fingerprint density at radius 1 is 1.38 bits per heavy atom. The smallest absolute Gasteiger partial charge is 0.331 e. The van der Waals surface area contributed by atoms with Crippen molar-refractivity contribution < 1.29 is 24.2 Å². The first kappa shape index (κ1) is 16.9. The lowest BCUT2D eigenvalue weighted by Crippen LogP contribution is -2.45. The van der Waals surface area contributed by atoms with E-state index >= 15 is 0 Å². The quantitative estimate of drug-likeness (QED) is 0.501. The molecule has 1 unspecified atom stereocenters. The second-order valence-electron chi connectivity index (χ2n) is 3.96. The summed E-state index contributed by atoms with van der Waals surface area (Å²) in [5, 5.41) is 17.9. The summed E-state index contributed by atoms with van der Waals surface area (Å²) in [5.74, 6) is -1.55. The van der Waals surface area contributed by atoms with Crippen molar-refractivity contribution in [2.24, 2.45) is 0 Å². The lowest BCUT2D eigenvalue weighted by Gasteiger charge is -2.13. The van der Waals surface area contributed by atoms with Gasteiger partial charge in [0.25, 0.3) is 0 Å². The van der Waals surface area contributed by atoms with Crippen LogP contribution in [0.3, 0.4) is 0 Å². The number of thiophene rings is 1. The molecule has 1 aromatic rings. The Balaban J connectivity index is 2.38. The van der Waals surface area contributed by atoms with Crippen LogP contribution in [0.25, 0.3) is 0 Å². The number of carbonyl (C=O) groups is 3. The van der Waals surface area contributed by atoms with Gasteiger partial charge in [0.15, 0.2) is 6.04 Å². The van der Waals surface area contributed by atoms with Crippen molar-refractivity contribution in [3.63, 3.8) is 0 Å². The Morgan fingerprint density at radius 2 is 2.14 bits per heavy atom. The van der Waals surface area contributed by atoms with Gasteiger partial charge in [-0.1, -0.05) is 6.07 Å². The first-order valence-corrected chi connectivity index (χ1v) is 6.98. The molecule has 0 radical (unpaired) electrons. The number of aliphatic carboxylic acids is 1. The van der Waals surface area contributed by atoms with Crippen LogP contribution in [-0.2, 0) is 14.3 Å². The molecule has 1 aromatic heterocycles. The summed E-state index contributed by atoms with van der Waals surface area (Å²) >= 11 is 1.22. The van der Waals surface area contributed by atoms with Crippen molar-refractivity contribution in [2.45, 2.75) is 6.04 Å². The first-order chi connectivity index (χ1) is 10.0. The normalized spacial score (nSPS) is 11.5. The van der Waals surface area contributed by atoms with Crippen LogP contribution in [0.4, 0.5) is 4.79 Å². The topological polar surface area (TPSA) is 117 Å². The van der Waals surface area contributed by atoms with E-state index in [-0.39, 0.29) is 12.5 Å². The molecule has 1 heterocycles. The molecule has 0 fully saturated rings. The van der Waals surface area contributed by atoms with E-state index in [1.807, 2.05) is 0 Å². The Bertz CT molecular complexity index is 477. The van der Waals surface area contributed by atoms with Gasteiger partial charge in [-0.15, -0.1) is 11.3 Å². The average Bonchev–Trinajstić information content (AvgIpc) is 2.96. The minimum atomic E-state index is -1.17. The van der Waals surface area contributed by atoms with Crippen LogP contribution in [0.5, 0.6) is 0 Å². The van der Waals surface area contributed by atoms with Crippen molar-refractivity contribution in [3.8, 4) is 0 Å². The van der Waals surface area contributed by atoms with E-state index in [2.05, 4.69) is 16.0 Å². The van der Waals surface area contributed by atoms with Crippen molar-refractivity contribution in [2.75, 3.05) is 26.8 Å². The molecule has 0 aliphatic heterocycles. The van der Waals surface area contributed by atoms with Crippen LogP contribution in [-0.4, -0.2) is 49.8 Å². The number of carboxylic acid groups (broad SMARTS) is 1. The van der Waals surface area contributed by atoms with E-state index in [0.29, 0.717) is 18.0 Å². The average molecular weight is 315 g/mol. The number of hydrogen-bond donors (Lipinski definition) is 4. The molecule has 9 heteroatoms. The molecule has 0 saturated carbocycles. The molecule has 8 nitrogen and oxygen atoms in total. The highest BCUT2D eigenvalue weighted by Crippen LogP contribution is 2.18. The number of nitrogens with one attached hydrogen (secondary N) is 3. The Hall–Kier alpha value is -2.13. The van der Waals surface area contributed by atoms with Crippen molar-refractivity contribution in [3.05, 3.63) is 22.4 Å². The second-order valence-corrected chi connectivity index (χ2v) is 4.94. The van der Waals surface area contributed by atoms with Crippen LogP contribution in [0.2, 0.25) is 0 Å². The number of ether oxygens (including phenoxy) is 1.